The van der Waals surface area contributed by atoms with Crippen LogP contribution in [0.5, 0.6) is 0 Å². The van der Waals surface area contributed by atoms with Crippen LogP contribution in [0, 0.1) is 11.7 Å². The topological polar surface area (TPSA) is 79.5 Å². The number of benzene rings is 1. The van der Waals surface area contributed by atoms with Crippen LogP contribution in [0.2, 0.25) is 0 Å². The van der Waals surface area contributed by atoms with Gasteiger partial charge in [-0.3, -0.25) is 9.59 Å². The van der Waals surface area contributed by atoms with E-state index < -0.39 is 17.8 Å². The van der Waals surface area contributed by atoms with Gasteiger partial charge in [-0.15, -0.1) is 0 Å². The van der Waals surface area contributed by atoms with E-state index in [9.17, 15) is 14.0 Å². The van der Waals surface area contributed by atoms with Crippen molar-refractivity contribution < 1.29 is 18.7 Å². The molecule has 0 aromatic heterocycles. The second kappa shape index (κ2) is 10.7. The molecular formula is C17H26FN3O3. The van der Waals surface area contributed by atoms with E-state index in [1.807, 2.05) is 13.8 Å². The van der Waals surface area contributed by atoms with E-state index in [1.54, 1.807) is 13.2 Å². The molecule has 6 nitrogen and oxygen atoms in total. The van der Waals surface area contributed by atoms with Crippen LogP contribution in [0.15, 0.2) is 24.3 Å². The number of carbonyl (C=O) groups excluding carboxylic acids is 2. The van der Waals surface area contributed by atoms with Crippen LogP contribution in [-0.2, 0) is 9.53 Å². The maximum Gasteiger partial charge on any atom is 0.254 e. The average molecular weight is 339 g/mol. The molecule has 0 aliphatic rings. The third kappa shape index (κ3) is 6.64. The van der Waals surface area contributed by atoms with E-state index in [4.69, 9.17) is 4.74 Å². The Morgan fingerprint density at radius 3 is 2.50 bits per heavy atom. The summed E-state index contributed by atoms with van der Waals surface area (Å²) in [5.74, 6) is -1.62. The number of halogens is 1. The molecule has 0 radical (unpaired) electrons. The van der Waals surface area contributed by atoms with Crippen LogP contribution in [-0.4, -0.2) is 51.2 Å². The molecule has 3 N–H and O–H groups in total. The zero-order chi connectivity index (χ0) is 17.9. The Balaban J connectivity index is 2.52. The molecule has 0 spiro atoms. The van der Waals surface area contributed by atoms with Gasteiger partial charge in [0.05, 0.1) is 12.2 Å². The molecule has 0 saturated heterocycles. The maximum absolute atomic E-state index is 13.7. The highest BCUT2D eigenvalue weighted by molar-refractivity contribution is 5.97. The molecule has 2 amide bonds. The second-order valence-corrected chi connectivity index (χ2v) is 5.71. The monoisotopic (exact) mass is 339 g/mol. The van der Waals surface area contributed by atoms with Gasteiger partial charge < -0.3 is 20.7 Å². The van der Waals surface area contributed by atoms with E-state index >= 15 is 0 Å². The van der Waals surface area contributed by atoms with Gasteiger partial charge in [0.25, 0.3) is 5.91 Å². The highest BCUT2D eigenvalue weighted by atomic mass is 19.1. The fraction of sp³-hybridized carbons (Fsp3) is 0.529. The molecule has 134 valence electrons. The highest BCUT2D eigenvalue weighted by Crippen LogP contribution is 2.08. The Kier molecular flexibility index (Phi) is 8.96. The van der Waals surface area contributed by atoms with E-state index in [0.717, 1.165) is 0 Å². The summed E-state index contributed by atoms with van der Waals surface area (Å²) in [6.07, 6.45) is 0. The van der Waals surface area contributed by atoms with Crippen LogP contribution >= 0.6 is 0 Å². The van der Waals surface area contributed by atoms with Crippen molar-refractivity contribution in [3.8, 4) is 0 Å². The summed E-state index contributed by atoms with van der Waals surface area (Å²) in [5.41, 5.74) is -0.0721. The summed E-state index contributed by atoms with van der Waals surface area (Å²) < 4.78 is 18.6. The molecule has 0 aliphatic heterocycles. The van der Waals surface area contributed by atoms with Crippen LogP contribution < -0.4 is 16.0 Å². The number of methoxy groups -OCH3 is 1. The summed E-state index contributed by atoms with van der Waals surface area (Å²) in [6.45, 7) is 5.97. The van der Waals surface area contributed by atoms with E-state index in [1.165, 1.54) is 18.2 Å². The maximum atomic E-state index is 13.7. The highest BCUT2D eigenvalue weighted by Gasteiger charge is 2.25. The summed E-state index contributed by atoms with van der Waals surface area (Å²) in [6, 6.07) is 4.96. The lowest BCUT2D eigenvalue weighted by molar-refractivity contribution is -0.123. The van der Waals surface area contributed by atoms with E-state index in [0.29, 0.717) is 26.2 Å². The number of hydrogen-bond donors (Lipinski definition) is 3. The zero-order valence-electron chi connectivity index (χ0n) is 14.4. The zero-order valence-corrected chi connectivity index (χ0v) is 14.4. The third-order valence-electron chi connectivity index (χ3n) is 3.44. The van der Waals surface area contributed by atoms with Crippen molar-refractivity contribution in [2.75, 3.05) is 33.4 Å². The normalized spacial score (nSPS) is 12.0. The fourth-order valence-electron chi connectivity index (χ4n) is 2.08. The molecule has 0 aliphatic carbocycles. The Bertz CT molecular complexity index is 538. The van der Waals surface area contributed by atoms with Crippen molar-refractivity contribution in [1.29, 1.82) is 0 Å². The minimum Gasteiger partial charge on any atom is -0.383 e. The SMILES string of the molecule is COCCNCCNC(=O)C(NC(=O)c1ccccc1F)C(C)C. The predicted molar refractivity (Wildman–Crippen MR) is 90.2 cm³/mol. The van der Waals surface area contributed by atoms with Gasteiger partial charge in [-0.05, 0) is 18.1 Å². The number of rotatable bonds is 10. The molecule has 0 bridgehead atoms. The van der Waals surface area contributed by atoms with Gasteiger partial charge in [-0.1, -0.05) is 26.0 Å². The number of hydrogen-bond acceptors (Lipinski definition) is 4. The third-order valence-corrected chi connectivity index (χ3v) is 3.44. The first-order chi connectivity index (χ1) is 11.5. The number of ether oxygens (including phenoxy) is 1. The van der Waals surface area contributed by atoms with Crippen LogP contribution in [0.3, 0.4) is 0 Å². The molecule has 0 fully saturated rings. The molecule has 0 heterocycles. The van der Waals surface area contributed by atoms with Gasteiger partial charge in [0, 0.05) is 26.7 Å². The van der Waals surface area contributed by atoms with Gasteiger partial charge in [-0.2, -0.15) is 0 Å². The fourth-order valence-corrected chi connectivity index (χ4v) is 2.08. The Labute approximate surface area is 142 Å². The molecule has 1 rings (SSSR count). The van der Waals surface area contributed by atoms with Crippen LogP contribution in [0.4, 0.5) is 4.39 Å². The Hall–Kier alpha value is -1.99. The number of amides is 2. The van der Waals surface area contributed by atoms with Gasteiger partial charge in [0.1, 0.15) is 11.9 Å². The molecule has 1 aromatic rings. The van der Waals surface area contributed by atoms with Gasteiger partial charge in [0.2, 0.25) is 5.91 Å². The standard InChI is InChI=1S/C17H26FN3O3/c1-12(2)15(17(23)20-9-8-19-10-11-24-3)21-16(22)13-6-4-5-7-14(13)18/h4-7,12,15,19H,8-11H2,1-3H3,(H,20,23)(H,21,22). The van der Waals surface area contributed by atoms with Gasteiger partial charge >= 0.3 is 0 Å². The smallest absolute Gasteiger partial charge is 0.254 e. The lowest BCUT2D eigenvalue weighted by Gasteiger charge is -2.22. The van der Waals surface area contributed by atoms with Crippen LogP contribution in [0.1, 0.15) is 24.2 Å². The lowest BCUT2D eigenvalue weighted by atomic mass is 10.0. The van der Waals surface area contributed by atoms with Crippen molar-refractivity contribution >= 4 is 11.8 Å². The minimum absolute atomic E-state index is 0.0721. The van der Waals surface area contributed by atoms with Crippen LogP contribution in [0.25, 0.3) is 0 Å². The van der Waals surface area contributed by atoms with Crippen molar-refractivity contribution in [1.82, 2.24) is 16.0 Å². The second-order valence-electron chi connectivity index (χ2n) is 5.71. The van der Waals surface area contributed by atoms with Crippen molar-refractivity contribution in [2.45, 2.75) is 19.9 Å². The quantitative estimate of drug-likeness (QED) is 0.554. The van der Waals surface area contributed by atoms with Gasteiger partial charge in [0.15, 0.2) is 0 Å². The molecule has 0 saturated carbocycles. The summed E-state index contributed by atoms with van der Waals surface area (Å²) in [5, 5.41) is 8.47. The summed E-state index contributed by atoms with van der Waals surface area (Å²) in [4.78, 5) is 24.4. The molecule has 1 aromatic carbocycles. The van der Waals surface area contributed by atoms with E-state index in [2.05, 4.69) is 16.0 Å². The Morgan fingerprint density at radius 1 is 1.17 bits per heavy atom. The first kappa shape index (κ1) is 20.1. The molecule has 24 heavy (non-hydrogen) atoms. The molecule has 7 heteroatoms. The molecular weight excluding hydrogens is 313 g/mol. The number of nitrogens with one attached hydrogen (secondary N) is 3. The largest absolute Gasteiger partial charge is 0.383 e. The summed E-state index contributed by atoms with van der Waals surface area (Å²) >= 11 is 0. The number of carbonyl (C=O) groups is 2. The molecule has 1 unspecified atom stereocenters. The minimum atomic E-state index is -0.726. The summed E-state index contributed by atoms with van der Waals surface area (Å²) in [7, 11) is 1.62. The van der Waals surface area contributed by atoms with Crippen molar-refractivity contribution in [3.05, 3.63) is 35.6 Å². The Morgan fingerprint density at radius 2 is 1.88 bits per heavy atom. The first-order valence-electron chi connectivity index (χ1n) is 8.00. The van der Waals surface area contributed by atoms with Crippen molar-refractivity contribution in [3.63, 3.8) is 0 Å². The average Bonchev–Trinajstić information content (AvgIpc) is 2.55. The predicted octanol–water partition coefficient (Wildman–Crippen LogP) is 0.932. The van der Waals surface area contributed by atoms with Crippen molar-refractivity contribution in [2.24, 2.45) is 5.92 Å². The first-order valence-corrected chi connectivity index (χ1v) is 8.00. The molecule has 1 atom stereocenters. The lowest BCUT2D eigenvalue weighted by Crippen LogP contribution is -2.50. The van der Waals surface area contributed by atoms with Gasteiger partial charge in [-0.25, -0.2) is 4.39 Å². The van der Waals surface area contributed by atoms with E-state index in [-0.39, 0.29) is 17.4 Å².